The minimum atomic E-state index is -0.992. The molecule has 1 amide bonds. The number of hydrogen-bond acceptors (Lipinski definition) is 3. The third-order valence-electron chi connectivity index (χ3n) is 4.12. The minimum Gasteiger partial charge on any atom is -0.481 e. The number of hydrogen-bond donors (Lipinski definition) is 2. The summed E-state index contributed by atoms with van der Waals surface area (Å²) in [6.45, 7) is 2.06. The van der Waals surface area contributed by atoms with Crippen LogP contribution in [-0.2, 0) is 20.7 Å². The summed E-state index contributed by atoms with van der Waals surface area (Å²) in [6, 6.07) is 7.55. The lowest BCUT2D eigenvalue weighted by molar-refractivity contribution is -0.145. The number of carbonyl (C=O) groups is 2. The molecule has 0 aromatic heterocycles. The van der Waals surface area contributed by atoms with Gasteiger partial charge >= 0.3 is 5.97 Å². The van der Waals surface area contributed by atoms with Crippen molar-refractivity contribution in [2.24, 2.45) is 11.8 Å². The van der Waals surface area contributed by atoms with E-state index in [0.717, 1.165) is 6.42 Å². The highest BCUT2D eigenvalue weighted by Gasteiger charge is 2.53. The molecule has 4 atom stereocenters. The van der Waals surface area contributed by atoms with Crippen molar-refractivity contribution in [2.45, 2.75) is 25.6 Å². The Morgan fingerprint density at radius 3 is 2.33 bits per heavy atom. The van der Waals surface area contributed by atoms with Gasteiger partial charge in [-0.05, 0) is 24.1 Å². The van der Waals surface area contributed by atoms with E-state index < -0.39 is 30.0 Å². The van der Waals surface area contributed by atoms with Crippen molar-refractivity contribution in [1.82, 2.24) is 0 Å². The first-order chi connectivity index (χ1) is 10.1. The summed E-state index contributed by atoms with van der Waals surface area (Å²) < 4.78 is 5.50. The molecule has 2 bridgehead atoms. The second-order valence-corrected chi connectivity index (χ2v) is 5.38. The van der Waals surface area contributed by atoms with Gasteiger partial charge in [0.05, 0.1) is 18.1 Å². The van der Waals surface area contributed by atoms with Gasteiger partial charge in [0.25, 0.3) is 0 Å². The van der Waals surface area contributed by atoms with Crippen LogP contribution in [0.3, 0.4) is 0 Å². The van der Waals surface area contributed by atoms with Gasteiger partial charge in [-0.3, -0.25) is 9.59 Å². The van der Waals surface area contributed by atoms with Crippen LogP contribution in [0.4, 0.5) is 5.69 Å². The summed E-state index contributed by atoms with van der Waals surface area (Å²) in [5.74, 6) is -2.78. The topological polar surface area (TPSA) is 75.6 Å². The molecule has 3 rings (SSSR count). The lowest BCUT2D eigenvalue weighted by Gasteiger charge is -2.21. The van der Waals surface area contributed by atoms with Gasteiger partial charge in [-0.1, -0.05) is 31.2 Å². The number of aryl methyl sites for hydroxylation is 1. The van der Waals surface area contributed by atoms with Gasteiger partial charge in [0.15, 0.2) is 0 Å². The number of benzene rings is 1. The predicted molar refractivity (Wildman–Crippen MR) is 76.9 cm³/mol. The van der Waals surface area contributed by atoms with Crippen LogP contribution >= 0.6 is 0 Å². The highest BCUT2D eigenvalue weighted by atomic mass is 16.5. The van der Waals surface area contributed by atoms with Gasteiger partial charge in [0.2, 0.25) is 5.91 Å². The highest BCUT2D eigenvalue weighted by molar-refractivity contribution is 5.96. The summed E-state index contributed by atoms with van der Waals surface area (Å²) >= 11 is 0. The zero-order chi connectivity index (χ0) is 15.0. The Morgan fingerprint density at radius 2 is 1.76 bits per heavy atom. The van der Waals surface area contributed by atoms with E-state index in [1.807, 2.05) is 24.3 Å². The lowest BCUT2D eigenvalue weighted by atomic mass is 9.82. The van der Waals surface area contributed by atoms with Crippen LogP contribution in [0.15, 0.2) is 36.4 Å². The number of amides is 1. The Morgan fingerprint density at radius 1 is 1.14 bits per heavy atom. The van der Waals surface area contributed by atoms with Crippen molar-refractivity contribution in [3.8, 4) is 0 Å². The monoisotopic (exact) mass is 287 g/mol. The molecule has 1 aromatic rings. The number of ether oxygens (including phenoxy) is 1. The van der Waals surface area contributed by atoms with E-state index in [2.05, 4.69) is 12.2 Å². The molecule has 2 aliphatic heterocycles. The lowest BCUT2D eigenvalue weighted by Crippen LogP contribution is -2.39. The number of anilines is 1. The average Bonchev–Trinajstić information content (AvgIpc) is 3.08. The Labute approximate surface area is 122 Å². The molecule has 2 N–H and O–H groups in total. The van der Waals surface area contributed by atoms with E-state index in [1.165, 1.54) is 5.56 Å². The van der Waals surface area contributed by atoms with Gasteiger partial charge in [0, 0.05) is 5.69 Å². The largest absolute Gasteiger partial charge is 0.481 e. The maximum absolute atomic E-state index is 12.4. The van der Waals surface area contributed by atoms with E-state index in [9.17, 15) is 14.7 Å². The molecule has 0 aliphatic carbocycles. The maximum Gasteiger partial charge on any atom is 0.310 e. The normalized spacial score (nSPS) is 29.6. The zero-order valence-electron chi connectivity index (χ0n) is 11.7. The molecule has 0 saturated carbocycles. The number of carboxylic acid groups (broad SMARTS) is 1. The molecule has 21 heavy (non-hydrogen) atoms. The van der Waals surface area contributed by atoms with Crippen molar-refractivity contribution in [3.63, 3.8) is 0 Å². The Bertz CT molecular complexity index is 593. The third kappa shape index (κ3) is 2.45. The Hall–Kier alpha value is -2.14. The molecule has 1 saturated heterocycles. The molecule has 0 spiro atoms. The van der Waals surface area contributed by atoms with Gasteiger partial charge in [-0.15, -0.1) is 0 Å². The fraction of sp³-hybridized carbons (Fsp3) is 0.375. The summed E-state index contributed by atoms with van der Waals surface area (Å²) in [6.07, 6.45) is 3.50. The molecule has 1 aromatic carbocycles. The second-order valence-electron chi connectivity index (χ2n) is 5.38. The van der Waals surface area contributed by atoms with E-state index in [0.29, 0.717) is 5.69 Å². The van der Waals surface area contributed by atoms with Crippen LogP contribution in [0.5, 0.6) is 0 Å². The highest BCUT2D eigenvalue weighted by Crippen LogP contribution is 2.39. The number of nitrogens with one attached hydrogen (secondary N) is 1. The zero-order valence-corrected chi connectivity index (χ0v) is 11.7. The van der Waals surface area contributed by atoms with E-state index in [1.54, 1.807) is 12.2 Å². The van der Waals surface area contributed by atoms with Crippen molar-refractivity contribution in [2.75, 3.05) is 5.32 Å². The molecule has 4 unspecified atom stereocenters. The van der Waals surface area contributed by atoms with Crippen LogP contribution in [0, 0.1) is 11.8 Å². The van der Waals surface area contributed by atoms with Gasteiger partial charge < -0.3 is 15.2 Å². The number of fused-ring (bicyclic) bond motifs is 2. The first-order valence-corrected chi connectivity index (χ1v) is 7.06. The number of carboxylic acids is 1. The summed E-state index contributed by atoms with van der Waals surface area (Å²) in [5, 5.41) is 12.1. The minimum absolute atomic E-state index is 0.302. The summed E-state index contributed by atoms with van der Waals surface area (Å²) in [5.41, 5.74) is 1.86. The molecular weight excluding hydrogens is 270 g/mol. The molecule has 2 aliphatic rings. The van der Waals surface area contributed by atoms with Crippen molar-refractivity contribution in [3.05, 3.63) is 42.0 Å². The third-order valence-corrected chi connectivity index (χ3v) is 4.12. The van der Waals surface area contributed by atoms with Crippen LogP contribution < -0.4 is 5.32 Å². The maximum atomic E-state index is 12.4. The van der Waals surface area contributed by atoms with E-state index in [-0.39, 0.29) is 5.91 Å². The van der Waals surface area contributed by atoms with Gasteiger partial charge in [-0.2, -0.15) is 0 Å². The van der Waals surface area contributed by atoms with Crippen LogP contribution in [-0.4, -0.2) is 29.2 Å². The van der Waals surface area contributed by atoms with Crippen molar-refractivity contribution in [1.29, 1.82) is 0 Å². The van der Waals surface area contributed by atoms with Crippen LogP contribution in [0.25, 0.3) is 0 Å². The standard InChI is InChI=1S/C16H17NO4/c1-2-9-3-5-10(6-4-9)17-15(18)13-11-7-8-12(21-11)14(13)16(19)20/h3-8,11-14H,2H2,1H3,(H,17,18)(H,19,20). The predicted octanol–water partition coefficient (Wildman–Crippen LogP) is 1.84. The summed E-state index contributed by atoms with van der Waals surface area (Å²) in [4.78, 5) is 23.7. The SMILES string of the molecule is CCc1ccc(NC(=O)C2C3C=CC(O3)C2C(=O)O)cc1. The molecule has 2 heterocycles. The van der Waals surface area contributed by atoms with Crippen molar-refractivity contribution >= 4 is 17.6 Å². The second kappa shape index (κ2) is 5.33. The Balaban J connectivity index is 1.75. The Kier molecular flexibility index (Phi) is 3.51. The number of aliphatic carboxylic acids is 1. The molecular formula is C16H17NO4. The molecule has 110 valence electrons. The quantitative estimate of drug-likeness (QED) is 0.829. The fourth-order valence-electron chi connectivity index (χ4n) is 2.96. The summed E-state index contributed by atoms with van der Waals surface area (Å²) in [7, 11) is 0. The fourth-order valence-corrected chi connectivity index (χ4v) is 2.96. The molecule has 1 fully saturated rings. The smallest absolute Gasteiger partial charge is 0.310 e. The molecule has 0 radical (unpaired) electrons. The van der Waals surface area contributed by atoms with Gasteiger partial charge in [0.1, 0.15) is 5.92 Å². The van der Waals surface area contributed by atoms with E-state index >= 15 is 0 Å². The number of carbonyl (C=O) groups excluding carboxylic acids is 1. The van der Waals surface area contributed by atoms with Crippen molar-refractivity contribution < 1.29 is 19.4 Å². The van der Waals surface area contributed by atoms with E-state index in [4.69, 9.17) is 4.74 Å². The van der Waals surface area contributed by atoms with Crippen LogP contribution in [0.1, 0.15) is 12.5 Å². The van der Waals surface area contributed by atoms with Crippen LogP contribution in [0.2, 0.25) is 0 Å². The first kappa shape index (κ1) is 13.8. The number of rotatable bonds is 4. The molecule has 5 heteroatoms. The molecule has 5 nitrogen and oxygen atoms in total. The average molecular weight is 287 g/mol. The first-order valence-electron chi connectivity index (χ1n) is 7.06. The van der Waals surface area contributed by atoms with Gasteiger partial charge in [-0.25, -0.2) is 0 Å².